The van der Waals surface area contributed by atoms with Crippen molar-refractivity contribution in [1.29, 1.82) is 0 Å². The third-order valence-corrected chi connectivity index (χ3v) is 4.05. The summed E-state index contributed by atoms with van der Waals surface area (Å²) in [5.74, 6) is -0.432. The van der Waals surface area contributed by atoms with Crippen LogP contribution < -0.4 is 0 Å². The van der Waals surface area contributed by atoms with Crippen LogP contribution in [-0.4, -0.2) is 20.3 Å². The van der Waals surface area contributed by atoms with Crippen molar-refractivity contribution in [3.8, 4) is 0 Å². The van der Waals surface area contributed by atoms with Crippen LogP contribution in [0.15, 0.2) is 97.6 Å². The predicted molar refractivity (Wildman–Crippen MR) is 151 cm³/mol. The number of aromatic nitrogens is 2. The molecule has 0 bridgehead atoms. The van der Waals surface area contributed by atoms with Gasteiger partial charge in [-0.25, -0.2) is 8.78 Å². The first-order valence-electron chi connectivity index (χ1n) is 10.2. The Morgan fingerprint density at radius 2 is 0.865 bits per heavy atom. The Kier molecular flexibility index (Phi) is 19.4. The van der Waals surface area contributed by atoms with Gasteiger partial charge in [-0.1, -0.05) is 73.0 Å². The Morgan fingerprint density at radius 1 is 0.568 bits per heavy atom. The van der Waals surface area contributed by atoms with Gasteiger partial charge in [-0.2, -0.15) is 10.3 Å². The monoisotopic (exact) mass is 578 g/mol. The summed E-state index contributed by atoms with van der Waals surface area (Å²) in [5.41, 5.74) is 3.81. The molecule has 0 aliphatic carbocycles. The van der Waals surface area contributed by atoms with Crippen LogP contribution in [0.2, 0.25) is 0 Å². The van der Waals surface area contributed by atoms with Crippen molar-refractivity contribution in [1.82, 2.24) is 9.97 Å². The molecule has 0 amide bonds. The van der Waals surface area contributed by atoms with E-state index in [9.17, 15) is 8.78 Å². The van der Waals surface area contributed by atoms with Crippen molar-refractivity contribution in [3.63, 3.8) is 0 Å². The molecule has 0 saturated heterocycles. The molecule has 2 aromatic heterocycles. The van der Waals surface area contributed by atoms with Gasteiger partial charge < -0.3 is 10.8 Å². The average Bonchev–Trinajstić information content (AvgIpc) is 2.89. The molecule has 0 aliphatic rings. The largest absolute Gasteiger partial charge is 2.00 e. The van der Waals surface area contributed by atoms with E-state index >= 15 is 0 Å². The molecule has 4 aromatic rings. The van der Waals surface area contributed by atoms with Crippen molar-refractivity contribution >= 4 is 59.1 Å². The standard InChI is InChI=1S/2C13H10FN.2CNS.Zn/c2*14-13-3-1-2-12(10-13)5-4-11-6-8-15-9-7-11;2*2-1-3;/h2*1-10H;;;/q;;2*-1;+2/b2*5-4+;;;. The fraction of sp³-hybridized carbons (Fsp3) is 0. The minimum Gasteiger partial charge on any atom is -0.753 e. The first kappa shape index (κ1) is 33.3. The Labute approximate surface area is 238 Å². The zero-order valence-corrected chi connectivity index (χ0v) is 24.2. The number of hydrogen-bond donors (Lipinski definition) is 0. The topological polar surface area (TPSA) is 70.4 Å². The Balaban J connectivity index is 0.000000566. The number of nitrogens with zero attached hydrogens (tertiary/aromatic N) is 4. The van der Waals surface area contributed by atoms with E-state index in [0.29, 0.717) is 0 Å². The molecule has 0 saturated carbocycles. The van der Waals surface area contributed by atoms with E-state index in [1.807, 2.05) is 60.7 Å². The molecule has 180 valence electrons. The summed E-state index contributed by atoms with van der Waals surface area (Å²) in [4.78, 5) is 7.84. The Morgan fingerprint density at radius 3 is 1.16 bits per heavy atom. The van der Waals surface area contributed by atoms with Gasteiger partial charge >= 0.3 is 19.5 Å². The molecule has 37 heavy (non-hydrogen) atoms. The van der Waals surface area contributed by atoms with E-state index in [2.05, 4.69) is 34.4 Å². The van der Waals surface area contributed by atoms with Gasteiger partial charge in [-0.3, -0.25) is 9.97 Å². The van der Waals surface area contributed by atoms with Crippen LogP contribution in [0.3, 0.4) is 0 Å². The van der Waals surface area contributed by atoms with Gasteiger partial charge in [0.05, 0.1) is 0 Å². The van der Waals surface area contributed by atoms with Gasteiger partial charge in [0, 0.05) is 24.8 Å². The molecular weight excluding hydrogens is 560 g/mol. The van der Waals surface area contributed by atoms with Crippen molar-refractivity contribution < 1.29 is 28.3 Å². The van der Waals surface area contributed by atoms with Gasteiger partial charge in [0.25, 0.3) is 0 Å². The number of halogens is 2. The van der Waals surface area contributed by atoms with Gasteiger partial charge in [-0.15, -0.1) is 0 Å². The van der Waals surface area contributed by atoms with E-state index in [1.165, 1.54) is 34.6 Å². The van der Waals surface area contributed by atoms with Crippen LogP contribution in [-0.2, 0) is 19.5 Å². The maximum absolute atomic E-state index is 12.8. The molecule has 0 spiro atoms. The second kappa shape index (κ2) is 21.6. The van der Waals surface area contributed by atoms with Crippen LogP contribution in [0.25, 0.3) is 35.1 Å². The normalized spacial score (nSPS) is 9.14. The van der Waals surface area contributed by atoms with Crippen LogP contribution in [0.1, 0.15) is 22.3 Å². The summed E-state index contributed by atoms with van der Waals surface area (Å²) in [5, 5.41) is 16.9. The van der Waals surface area contributed by atoms with Crippen LogP contribution in [0.4, 0.5) is 8.78 Å². The van der Waals surface area contributed by atoms with Gasteiger partial charge in [0.15, 0.2) is 0 Å². The molecular formula is C28H20F2N4S2Zn. The molecule has 2 aromatic carbocycles. The number of rotatable bonds is 4. The number of isothiocyanates is 2. The van der Waals surface area contributed by atoms with E-state index in [-0.39, 0.29) is 31.1 Å². The minimum absolute atomic E-state index is 0. The summed E-state index contributed by atoms with van der Waals surface area (Å²) in [6, 6.07) is 20.6. The summed E-state index contributed by atoms with van der Waals surface area (Å²) < 4.78 is 25.7. The van der Waals surface area contributed by atoms with Gasteiger partial charge in [0.2, 0.25) is 0 Å². The molecule has 0 atom stereocenters. The summed E-state index contributed by atoms with van der Waals surface area (Å²) in [7, 11) is 0. The molecule has 0 fully saturated rings. The van der Waals surface area contributed by atoms with Gasteiger partial charge in [0.1, 0.15) is 11.6 Å². The average molecular weight is 580 g/mol. The van der Waals surface area contributed by atoms with Crippen molar-refractivity contribution in [2.24, 2.45) is 0 Å². The zero-order valence-electron chi connectivity index (χ0n) is 19.6. The SMILES string of the molecule is Fc1cccc(/C=C/c2ccncc2)c1.Fc1cccc(/C=C/c2ccncc2)c1.[N-]=C=S.[N-]=C=S.[Zn+2]. The number of pyridine rings is 2. The molecule has 2 heterocycles. The van der Waals surface area contributed by atoms with E-state index in [0.717, 1.165) is 22.3 Å². The second-order valence-electron chi connectivity index (χ2n) is 6.52. The molecule has 0 unspecified atom stereocenters. The maximum atomic E-state index is 12.8. The quantitative estimate of drug-likeness (QED) is 0.139. The zero-order chi connectivity index (χ0) is 26.4. The smallest absolute Gasteiger partial charge is 0.753 e. The predicted octanol–water partition coefficient (Wildman–Crippen LogP) is 8.10. The maximum Gasteiger partial charge on any atom is 2.00 e. The van der Waals surface area contributed by atoms with Crippen molar-refractivity contribution in [2.75, 3.05) is 0 Å². The van der Waals surface area contributed by atoms with Gasteiger partial charge in [-0.05, 0) is 70.8 Å². The molecule has 4 nitrogen and oxygen atoms in total. The fourth-order valence-electron chi connectivity index (χ4n) is 2.55. The van der Waals surface area contributed by atoms with Crippen molar-refractivity contribution in [3.05, 3.63) is 142 Å². The van der Waals surface area contributed by atoms with Crippen LogP contribution in [0.5, 0.6) is 0 Å². The van der Waals surface area contributed by atoms with Crippen molar-refractivity contribution in [2.45, 2.75) is 0 Å². The van der Waals surface area contributed by atoms with E-state index < -0.39 is 0 Å². The number of benzene rings is 2. The van der Waals surface area contributed by atoms with E-state index in [1.54, 1.807) is 36.9 Å². The summed E-state index contributed by atoms with van der Waals surface area (Å²) >= 11 is 7.40. The minimum atomic E-state index is -0.216. The fourth-order valence-corrected chi connectivity index (χ4v) is 2.55. The third-order valence-electron chi connectivity index (χ3n) is 4.05. The van der Waals surface area contributed by atoms with Crippen LogP contribution >= 0.6 is 24.4 Å². The molecule has 4 rings (SSSR count). The Hall–Kier alpha value is -3.70. The molecule has 0 radical (unpaired) electrons. The summed E-state index contributed by atoms with van der Waals surface area (Å²) in [6.07, 6.45) is 14.5. The molecule has 0 N–H and O–H groups in total. The molecule has 0 aliphatic heterocycles. The first-order chi connectivity index (χ1) is 17.5. The second-order valence-corrected chi connectivity index (χ2v) is 6.89. The van der Waals surface area contributed by atoms with Crippen LogP contribution in [0, 0.1) is 11.6 Å². The van der Waals surface area contributed by atoms with E-state index in [4.69, 9.17) is 10.8 Å². The number of hydrogen-bond acceptors (Lipinski definition) is 4. The Bertz CT molecular complexity index is 1200. The molecule has 9 heteroatoms. The number of thiocarbonyl (C=S) groups is 2. The first-order valence-corrected chi connectivity index (χ1v) is 11.0. The third kappa shape index (κ3) is 16.6. The summed E-state index contributed by atoms with van der Waals surface area (Å²) in [6.45, 7) is 0.